The summed E-state index contributed by atoms with van der Waals surface area (Å²) >= 11 is 2.10. The van der Waals surface area contributed by atoms with Crippen LogP contribution in [0.1, 0.15) is 40.0 Å². The van der Waals surface area contributed by atoms with Crippen molar-refractivity contribution in [3.63, 3.8) is 0 Å². The van der Waals surface area contributed by atoms with E-state index in [1.165, 1.54) is 5.75 Å². The van der Waals surface area contributed by atoms with E-state index in [2.05, 4.69) is 42.7 Å². The Morgan fingerprint density at radius 2 is 2.12 bits per heavy atom. The fourth-order valence-electron chi connectivity index (χ4n) is 3.04. The summed E-state index contributed by atoms with van der Waals surface area (Å²) in [5, 5.41) is 4.17. The number of guanidine groups is 1. The Labute approximate surface area is 175 Å². The minimum absolute atomic E-state index is 0. The molecule has 1 atom stereocenters. The summed E-state index contributed by atoms with van der Waals surface area (Å²) in [7, 11) is 0. The SMILES string of the molecule is CCNC(=NCCCOC1CCOCC1)N1CCSC(C(C)C)C1.I. The van der Waals surface area contributed by atoms with Crippen LogP contribution in [-0.4, -0.2) is 74.0 Å². The smallest absolute Gasteiger partial charge is 0.193 e. The lowest BCUT2D eigenvalue weighted by Gasteiger charge is -2.36. The zero-order valence-corrected chi connectivity index (χ0v) is 19.2. The number of hydrogen-bond donors (Lipinski definition) is 1. The van der Waals surface area contributed by atoms with Crippen LogP contribution < -0.4 is 5.32 Å². The second kappa shape index (κ2) is 13.4. The molecule has 148 valence electrons. The van der Waals surface area contributed by atoms with Crippen LogP contribution in [0.25, 0.3) is 0 Å². The van der Waals surface area contributed by atoms with E-state index in [4.69, 9.17) is 14.5 Å². The third kappa shape index (κ3) is 8.67. The van der Waals surface area contributed by atoms with Gasteiger partial charge < -0.3 is 19.7 Å². The molecule has 0 aromatic carbocycles. The van der Waals surface area contributed by atoms with E-state index in [9.17, 15) is 0 Å². The van der Waals surface area contributed by atoms with Crippen LogP contribution in [-0.2, 0) is 9.47 Å². The van der Waals surface area contributed by atoms with E-state index in [0.717, 1.165) is 71.2 Å². The summed E-state index contributed by atoms with van der Waals surface area (Å²) in [5.74, 6) is 2.99. The number of halogens is 1. The predicted octanol–water partition coefficient (Wildman–Crippen LogP) is 3.23. The first kappa shape index (κ1) is 23.3. The van der Waals surface area contributed by atoms with Gasteiger partial charge in [0.1, 0.15) is 0 Å². The molecule has 0 bridgehead atoms. The van der Waals surface area contributed by atoms with Gasteiger partial charge in [0.05, 0.1) is 6.10 Å². The molecule has 0 spiro atoms. The van der Waals surface area contributed by atoms with Crippen LogP contribution in [0.5, 0.6) is 0 Å². The monoisotopic (exact) mass is 485 g/mol. The molecule has 0 amide bonds. The van der Waals surface area contributed by atoms with E-state index in [-0.39, 0.29) is 24.0 Å². The molecule has 2 saturated heterocycles. The highest BCUT2D eigenvalue weighted by molar-refractivity contribution is 14.0. The van der Waals surface area contributed by atoms with Crippen molar-refractivity contribution in [1.82, 2.24) is 10.2 Å². The molecule has 2 aliphatic rings. The Morgan fingerprint density at radius 1 is 1.36 bits per heavy atom. The number of nitrogens with one attached hydrogen (secondary N) is 1. The van der Waals surface area contributed by atoms with E-state index >= 15 is 0 Å². The molecule has 2 heterocycles. The van der Waals surface area contributed by atoms with Crippen molar-refractivity contribution in [2.75, 3.05) is 51.8 Å². The van der Waals surface area contributed by atoms with Crippen LogP contribution in [0.3, 0.4) is 0 Å². The van der Waals surface area contributed by atoms with Crippen LogP contribution in [0.15, 0.2) is 4.99 Å². The molecule has 0 aliphatic carbocycles. The first-order valence-electron chi connectivity index (χ1n) is 9.55. The number of ether oxygens (including phenoxy) is 2. The molecule has 0 aromatic heterocycles. The maximum Gasteiger partial charge on any atom is 0.193 e. The van der Waals surface area contributed by atoms with Crippen molar-refractivity contribution >= 4 is 41.7 Å². The van der Waals surface area contributed by atoms with Crippen LogP contribution >= 0.6 is 35.7 Å². The zero-order chi connectivity index (χ0) is 17.2. The van der Waals surface area contributed by atoms with E-state index in [0.29, 0.717) is 17.3 Å². The number of thioether (sulfide) groups is 1. The first-order valence-corrected chi connectivity index (χ1v) is 10.6. The first-order chi connectivity index (χ1) is 11.7. The molecule has 0 aromatic rings. The summed E-state index contributed by atoms with van der Waals surface area (Å²) in [4.78, 5) is 7.27. The number of rotatable bonds is 7. The number of aliphatic imine (C=N–C) groups is 1. The summed E-state index contributed by atoms with van der Waals surface area (Å²) in [6.07, 6.45) is 3.45. The van der Waals surface area contributed by atoms with Gasteiger partial charge in [-0.05, 0) is 32.1 Å². The Kier molecular flexibility index (Phi) is 12.5. The second-order valence-corrected chi connectivity index (χ2v) is 8.22. The van der Waals surface area contributed by atoms with Gasteiger partial charge in [0.2, 0.25) is 0 Å². The number of hydrogen-bond acceptors (Lipinski definition) is 4. The van der Waals surface area contributed by atoms with Gasteiger partial charge in [-0.2, -0.15) is 11.8 Å². The largest absolute Gasteiger partial charge is 0.381 e. The van der Waals surface area contributed by atoms with Crippen molar-refractivity contribution in [1.29, 1.82) is 0 Å². The predicted molar refractivity (Wildman–Crippen MR) is 118 cm³/mol. The van der Waals surface area contributed by atoms with E-state index in [1.54, 1.807) is 0 Å². The lowest BCUT2D eigenvalue weighted by atomic mass is 10.1. The summed E-state index contributed by atoms with van der Waals surface area (Å²) in [6.45, 7) is 13.2. The Balaban J connectivity index is 0.00000312. The molecule has 7 heteroatoms. The lowest BCUT2D eigenvalue weighted by molar-refractivity contribution is -0.0318. The molecule has 2 rings (SSSR count). The standard InChI is InChI=1S/C18H35N3O2S.HI/c1-4-19-18(21-9-13-24-17(14-21)15(2)3)20-8-5-10-23-16-6-11-22-12-7-16;/h15-17H,4-14H2,1-3H3,(H,19,20);1H. The average molecular weight is 485 g/mol. The maximum absolute atomic E-state index is 5.93. The van der Waals surface area contributed by atoms with Crippen molar-refractivity contribution in [2.45, 2.75) is 51.4 Å². The van der Waals surface area contributed by atoms with Gasteiger partial charge in [0, 0.05) is 57.0 Å². The minimum atomic E-state index is 0. The van der Waals surface area contributed by atoms with Gasteiger partial charge >= 0.3 is 0 Å². The highest BCUT2D eigenvalue weighted by Crippen LogP contribution is 2.24. The van der Waals surface area contributed by atoms with Gasteiger partial charge in [0.25, 0.3) is 0 Å². The van der Waals surface area contributed by atoms with Crippen LogP contribution in [0.4, 0.5) is 0 Å². The Hall–Kier alpha value is 0.270. The molecule has 1 unspecified atom stereocenters. The fourth-order valence-corrected chi connectivity index (χ4v) is 4.34. The Bertz CT molecular complexity index is 379. The highest BCUT2D eigenvalue weighted by atomic mass is 127. The van der Waals surface area contributed by atoms with E-state index < -0.39 is 0 Å². The quantitative estimate of drug-likeness (QED) is 0.260. The van der Waals surface area contributed by atoms with Crippen molar-refractivity contribution in [3.05, 3.63) is 0 Å². The molecule has 0 saturated carbocycles. The van der Waals surface area contributed by atoms with Gasteiger partial charge in [-0.15, -0.1) is 24.0 Å². The third-order valence-corrected chi connectivity index (χ3v) is 6.10. The summed E-state index contributed by atoms with van der Waals surface area (Å²) in [5.41, 5.74) is 0. The molecule has 2 aliphatic heterocycles. The molecular formula is C18H36IN3O2S. The lowest BCUT2D eigenvalue weighted by Crippen LogP contribution is -2.49. The molecule has 5 nitrogen and oxygen atoms in total. The summed E-state index contributed by atoms with van der Waals surface area (Å²) < 4.78 is 11.3. The molecule has 2 fully saturated rings. The van der Waals surface area contributed by atoms with Crippen LogP contribution in [0, 0.1) is 5.92 Å². The maximum atomic E-state index is 5.93. The van der Waals surface area contributed by atoms with Gasteiger partial charge in [-0.25, -0.2) is 0 Å². The molecule has 25 heavy (non-hydrogen) atoms. The van der Waals surface area contributed by atoms with E-state index in [1.807, 2.05) is 0 Å². The van der Waals surface area contributed by atoms with Crippen molar-refractivity contribution in [3.8, 4) is 0 Å². The van der Waals surface area contributed by atoms with Gasteiger partial charge in [-0.3, -0.25) is 4.99 Å². The fraction of sp³-hybridized carbons (Fsp3) is 0.944. The minimum Gasteiger partial charge on any atom is -0.381 e. The Morgan fingerprint density at radius 3 is 2.80 bits per heavy atom. The zero-order valence-electron chi connectivity index (χ0n) is 16.0. The highest BCUT2D eigenvalue weighted by Gasteiger charge is 2.24. The van der Waals surface area contributed by atoms with Gasteiger partial charge in [-0.1, -0.05) is 13.8 Å². The normalized spacial score (nSPS) is 22.8. The number of nitrogens with zero attached hydrogens (tertiary/aromatic N) is 2. The van der Waals surface area contributed by atoms with Crippen LogP contribution in [0.2, 0.25) is 0 Å². The van der Waals surface area contributed by atoms with Gasteiger partial charge in [0.15, 0.2) is 5.96 Å². The van der Waals surface area contributed by atoms with Crippen molar-refractivity contribution in [2.24, 2.45) is 10.9 Å². The molecule has 0 radical (unpaired) electrons. The molecule has 1 N–H and O–H groups in total. The topological polar surface area (TPSA) is 46.1 Å². The molecular weight excluding hydrogens is 449 g/mol. The average Bonchev–Trinajstić information content (AvgIpc) is 2.61. The third-order valence-electron chi connectivity index (χ3n) is 4.56. The second-order valence-electron chi connectivity index (χ2n) is 6.87. The summed E-state index contributed by atoms with van der Waals surface area (Å²) in [6, 6.07) is 0. The van der Waals surface area contributed by atoms with Crippen molar-refractivity contribution < 1.29 is 9.47 Å².